The van der Waals surface area contributed by atoms with Gasteiger partial charge in [-0.1, -0.05) is 37.3 Å². The van der Waals surface area contributed by atoms with Crippen LogP contribution in [-0.2, 0) is 22.6 Å². The van der Waals surface area contributed by atoms with Gasteiger partial charge in [0.05, 0.1) is 11.5 Å². The van der Waals surface area contributed by atoms with Crippen LogP contribution >= 0.6 is 11.8 Å². The molecule has 0 saturated carbocycles. The lowest BCUT2D eigenvalue weighted by molar-refractivity contribution is -0.127. The molecule has 38 heavy (non-hydrogen) atoms. The fourth-order valence-electron chi connectivity index (χ4n) is 3.70. The zero-order chi connectivity index (χ0) is 27.1. The number of carbonyl (C=O) groups excluding carboxylic acids is 3. The van der Waals surface area contributed by atoms with Crippen LogP contribution in [0.25, 0.3) is 6.08 Å². The summed E-state index contributed by atoms with van der Waals surface area (Å²) in [5, 5.41) is 2.21. The maximum atomic E-state index is 13.1. The second kappa shape index (κ2) is 12.4. The smallest absolute Gasteiger partial charge is 0.294 e. The van der Waals surface area contributed by atoms with E-state index in [1.54, 1.807) is 48.5 Å². The summed E-state index contributed by atoms with van der Waals surface area (Å²) in [6.07, 6.45) is 2.47. The van der Waals surface area contributed by atoms with Crippen LogP contribution in [0.4, 0.5) is 14.9 Å². The van der Waals surface area contributed by atoms with Gasteiger partial charge in [-0.15, -0.1) is 0 Å². The molecule has 196 valence electrons. The average Bonchev–Trinajstić information content (AvgIpc) is 3.17. The monoisotopic (exact) mass is 534 g/mol. The van der Waals surface area contributed by atoms with E-state index in [1.807, 2.05) is 26.0 Å². The lowest BCUT2D eigenvalue weighted by Gasteiger charge is -2.13. The molecule has 0 aliphatic carbocycles. The van der Waals surface area contributed by atoms with Gasteiger partial charge >= 0.3 is 0 Å². The number of anilines is 1. The van der Waals surface area contributed by atoms with Crippen LogP contribution in [0.2, 0.25) is 0 Å². The zero-order valence-electron chi connectivity index (χ0n) is 21.0. The first-order chi connectivity index (χ1) is 18.4. The number of nitrogens with one attached hydrogen (secondary N) is 1. The largest absolute Gasteiger partial charge is 0.490 e. The number of ether oxygens (including phenoxy) is 2. The van der Waals surface area contributed by atoms with E-state index in [1.165, 1.54) is 12.1 Å². The first kappa shape index (κ1) is 26.9. The van der Waals surface area contributed by atoms with E-state index in [0.717, 1.165) is 34.2 Å². The lowest BCUT2D eigenvalue weighted by Crippen LogP contribution is -2.36. The van der Waals surface area contributed by atoms with E-state index >= 15 is 0 Å². The van der Waals surface area contributed by atoms with Gasteiger partial charge in [0, 0.05) is 5.69 Å². The summed E-state index contributed by atoms with van der Waals surface area (Å²) < 4.78 is 24.7. The summed E-state index contributed by atoms with van der Waals surface area (Å²) >= 11 is 0.778. The van der Waals surface area contributed by atoms with Crippen molar-refractivity contribution in [3.05, 3.63) is 94.1 Å². The number of carbonyl (C=O) groups is 3. The fourth-order valence-corrected chi connectivity index (χ4v) is 4.54. The van der Waals surface area contributed by atoms with E-state index in [9.17, 15) is 18.8 Å². The van der Waals surface area contributed by atoms with Crippen molar-refractivity contribution >= 4 is 40.6 Å². The minimum absolute atomic E-state index is 0.206. The molecule has 0 aromatic heterocycles. The minimum Gasteiger partial charge on any atom is -0.490 e. The Balaban J connectivity index is 1.42. The van der Waals surface area contributed by atoms with Gasteiger partial charge in [0.2, 0.25) is 5.91 Å². The topological polar surface area (TPSA) is 84.9 Å². The summed E-state index contributed by atoms with van der Waals surface area (Å²) in [4.78, 5) is 39.0. The van der Waals surface area contributed by atoms with E-state index in [4.69, 9.17) is 9.47 Å². The van der Waals surface area contributed by atoms with Crippen LogP contribution in [-0.4, -0.2) is 35.1 Å². The van der Waals surface area contributed by atoms with Gasteiger partial charge in [-0.25, -0.2) is 4.39 Å². The first-order valence-electron chi connectivity index (χ1n) is 12.1. The Labute approximate surface area is 224 Å². The van der Waals surface area contributed by atoms with Gasteiger partial charge in [-0.05, 0) is 84.3 Å². The SMILES string of the molecule is CCOc1cc(/C=C2\SC(=O)N(CC(=O)Nc3ccc(CC)cc3)C2=O)ccc1OCc1ccc(F)cc1. The third-order valence-corrected chi connectivity index (χ3v) is 6.60. The number of hydrogen-bond acceptors (Lipinski definition) is 6. The van der Waals surface area contributed by atoms with Gasteiger partial charge in [0.25, 0.3) is 11.1 Å². The van der Waals surface area contributed by atoms with Crippen LogP contribution < -0.4 is 14.8 Å². The quantitative estimate of drug-likeness (QED) is 0.319. The average molecular weight is 535 g/mol. The summed E-state index contributed by atoms with van der Waals surface area (Å²) in [5.74, 6) is -0.355. The molecule has 0 spiro atoms. The molecule has 7 nitrogen and oxygen atoms in total. The summed E-state index contributed by atoms with van der Waals surface area (Å²) in [6, 6.07) is 18.6. The molecule has 3 aromatic carbocycles. The fraction of sp³-hybridized carbons (Fsp3) is 0.207. The minimum atomic E-state index is -0.536. The maximum Gasteiger partial charge on any atom is 0.294 e. The highest BCUT2D eigenvalue weighted by atomic mass is 32.2. The molecule has 1 fully saturated rings. The van der Waals surface area contributed by atoms with E-state index in [-0.39, 0.29) is 23.9 Å². The number of nitrogens with zero attached hydrogens (tertiary/aromatic N) is 1. The molecule has 4 rings (SSSR count). The van der Waals surface area contributed by atoms with Crippen molar-refractivity contribution in [2.45, 2.75) is 26.9 Å². The Morgan fingerprint density at radius 2 is 1.66 bits per heavy atom. The Morgan fingerprint density at radius 3 is 2.34 bits per heavy atom. The molecule has 1 aliphatic heterocycles. The Kier molecular flexibility index (Phi) is 8.81. The van der Waals surface area contributed by atoms with Crippen LogP contribution in [0.5, 0.6) is 11.5 Å². The number of rotatable bonds is 10. The first-order valence-corrected chi connectivity index (χ1v) is 13.0. The molecule has 0 radical (unpaired) electrons. The highest BCUT2D eigenvalue weighted by molar-refractivity contribution is 8.18. The third kappa shape index (κ3) is 6.80. The summed E-state index contributed by atoms with van der Waals surface area (Å²) in [5.41, 5.74) is 3.17. The molecule has 1 N–H and O–H groups in total. The highest BCUT2D eigenvalue weighted by Crippen LogP contribution is 2.35. The number of thioether (sulfide) groups is 1. The van der Waals surface area contributed by atoms with Crippen LogP contribution in [0.1, 0.15) is 30.5 Å². The Morgan fingerprint density at radius 1 is 0.947 bits per heavy atom. The maximum absolute atomic E-state index is 13.1. The molecule has 0 atom stereocenters. The van der Waals surface area contributed by atoms with Gasteiger partial charge in [-0.3, -0.25) is 19.3 Å². The van der Waals surface area contributed by atoms with Crippen molar-refractivity contribution in [1.29, 1.82) is 0 Å². The van der Waals surface area contributed by atoms with Crippen LogP contribution in [0, 0.1) is 5.82 Å². The van der Waals surface area contributed by atoms with Crippen molar-refractivity contribution < 1.29 is 28.2 Å². The van der Waals surface area contributed by atoms with Gasteiger partial charge < -0.3 is 14.8 Å². The normalized spacial score (nSPS) is 14.2. The Hall–Kier alpha value is -4.11. The molecule has 3 aromatic rings. The van der Waals surface area contributed by atoms with Gasteiger partial charge in [-0.2, -0.15) is 0 Å². The van der Waals surface area contributed by atoms with Gasteiger partial charge in [0.15, 0.2) is 11.5 Å². The number of hydrogen-bond donors (Lipinski definition) is 1. The molecule has 1 heterocycles. The molecular weight excluding hydrogens is 507 g/mol. The predicted molar refractivity (Wildman–Crippen MR) is 145 cm³/mol. The van der Waals surface area contributed by atoms with E-state index in [2.05, 4.69) is 5.32 Å². The number of aryl methyl sites for hydroxylation is 1. The zero-order valence-corrected chi connectivity index (χ0v) is 21.8. The van der Waals surface area contributed by atoms with Crippen molar-refractivity contribution in [3.8, 4) is 11.5 Å². The lowest BCUT2D eigenvalue weighted by atomic mass is 10.1. The second-order valence-electron chi connectivity index (χ2n) is 8.42. The van der Waals surface area contributed by atoms with Crippen molar-refractivity contribution in [1.82, 2.24) is 4.90 Å². The third-order valence-electron chi connectivity index (χ3n) is 5.69. The van der Waals surface area contributed by atoms with Crippen molar-refractivity contribution in [2.24, 2.45) is 0 Å². The molecule has 0 unspecified atom stereocenters. The summed E-state index contributed by atoms with van der Waals surface area (Å²) in [7, 11) is 0. The number of imide groups is 1. The molecule has 1 saturated heterocycles. The van der Waals surface area contributed by atoms with Crippen LogP contribution in [0.15, 0.2) is 71.6 Å². The van der Waals surface area contributed by atoms with Gasteiger partial charge in [0.1, 0.15) is 19.0 Å². The Bertz CT molecular complexity index is 1360. The molecule has 1 aliphatic rings. The predicted octanol–water partition coefficient (Wildman–Crippen LogP) is 6.04. The number of benzene rings is 3. The summed E-state index contributed by atoms with van der Waals surface area (Å²) in [6.45, 7) is 4.12. The molecular formula is C29H27FN2O5S. The molecule has 0 bridgehead atoms. The number of amides is 3. The second-order valence-corrected chi connectivity index (χ2v) is 9.41. The van der Waals surface area contributed by atoms with E-state index < -0.39 is 17.1 Å². The molecule has 3 amide bonds. The van der Waals surface area contributed by atoms with Crippen LogP contribution in [0.3, 0.4) is 0 Å². The van der Waals surface area contributed by atoms with Crippen molar-refractivity contribution in [3.63, 3.8) is 0 Å². The molecule has 9 heteroatoms. The standard InChI is InChI=1S/C29H27FN2O5S/c1-3-19-7-12-23(13-8-19)31-27(33)17-32-28(34)26(38-29(32)35)16-21-9-14-24(25(15-21)36-4-2)37-18-20-5-10-22(30)11-6-20/h5-16H,3-4,17-18H2,1-2H3,(H,31,33)/b26-16-. The highest BCUT2D eigenvalue weighted by Gasteiger charge is 2.36. The number of halogens is 1. The van der Waals surface area contributed by atoms with E-state index in [0.29, 0.717) is 29.4 Å². The van der Waals surface area contributed by atoms with Crippen molar-refractivity contribution in [2.75, 3.05) is 18.5 Å².